The molecule has 0 aliphatic rings. The Bertz CT molecular complexity index is 59.2. The summed E-state index contributed by atoms with van der Waals surface area (Å²) in [5.74, 6) is 0. The van der Waals surface area contributed by atoms with Crippen LogP contribution in [0.25, 0.3) is 6.15 Å². The topological polar surface area (TPSA) is 87.9 Å². The van der Waals surface area contributed by atoms with E-state index in [2.05, 4.69) is 0 Å². The Balaban J connectivity index is -0.0000000450. The first-order valence-electron chi connectivity index (χ1n) is 0.516. The van der Waals surface area contributed by atoms with Crippen molar-refractivity contribution in [1.29, 1.82) is 0 Å². The van der Waals surface area contributed by atoms with Crippen molar-refractivity contribution >= 4 is 11.0 Å². The van der Waals surface area contributed by atoms with E-state index in [1.54, 1.807) is 0 Å². The second-order valence-corrected chi connectivity index (χ2v) is 0.651. The Kier molecular flexibility index (Phi) is 24.3. The van der Waals surface area contributed by atoms with Crippen LogP contribution >= 0.6 is 0 Å². The van der Waals surface area contributed by atoms with Crippen LogP contribution in [0.2, 0.25) is 0 Å². The molecular weight excluding hydrogens is 149 g/mol. The van der Waals surface area contributed by atoms with Crippen molar-refractivity contribution in [2.24, 2.45) is 0 Å². The van der Waals surface area contributed by atoms with Gasteiger partial charge in [0.15, 0.2) is 0 Å². The fourth-order valence-electron chi connectivity index (χ4n) is 0. The van der Waals surface area contributed by atoms with Gasteiger partial charge in [0.25, 0.3) is 0 Å². The van der Waals surface area contributed by atoms with Crippen LogP contribution in [0.5, 0.6) is 0 Å². The molecule has 0 aliphatic carbocycles. The van der Waals surface area contributed by atoms with Crippen molar-refractivity contribution in [1.82, 2.24) is 0 Å². The standard InChI is InChI=1S/Mn.H2N.HO3S/c;;1-4(2)3/h;1H2;(H,1,2,3)/q+2;2*-1. The van der Waals surface area contributed by atoms with Gasteiger partial charge < -0.3 is 19.1 Å². The summed E-state index contributed by atoms with van der Waals surface area (Å²) in [5.41, 5.74) is 0. The first kappa shape index (κ1) is 16.2. The van der Waals surface area contributed by atoms with Crippen molar-refractivity contribution in [3.63, 3.8) is 0 Å². The molecule has 0 fully saturated rings. The quantitative estimate of drug-likeness (QED) is 0.237. The van der Waals surface area contributed by atoms with E-state index >= 15 is 0 Å². The van der Waals surface area contributed by atoms with E-state index in [0.717, 1.165) is 0 Å². The second-order valence-electron chi connectivity index (χ2n) is 0.217. The van der Waals surface area contributed by atoms with Crippen LogP contribution in [-0.2, 0) is 36.5 Å². The molecule has 0 aromatic rings. The minimum Gasteiger partial charge on any atom is -0.693 e. The van der Waals surface area contributed by atoms with Gasteiger partial charge in [0.2, 0.25) is 0 Å². The summed E-state index contributed by atoms with van der Waals surface area (Å²) in [4.78, 5) is 0. The molecule has 6 heavy (non-hydrogen) atoms. The molecule has 0 saturated carbocycles. The van der Waals surface area contributed by atoms with Crippen molar-refractivity contribution in [2.75, 3.05) is 0 Å². The first-order chi connectivity index (χ1) is 1.73. The van der Waals surface area contributed by atoms with Crippen LogP contribution in [0.1, 0.15) is 0 Å². The van der Waals surface area contributed by atoms with E-state index in [1.807, 2.05) is 0 Å². The van der Waals surface area contributed by atoms with Crippen LogP contribution in [0.4, 0.5) is 0 Å². The minimum absolute atomic E-state index is 0. The van der Waals surface area contributed by atoms with Crippen LogP contribution in [-0.4, -0.2) is 4.55 Å². The van der Waals surface area contributed by atoms with Gasteiger partial charge in [-0.2, -0.15) is 0 Å². The number of hydrogen-bond donors (Lipinski definition) is 1. The summed E-state index contributed by atoms with van der Waals surface area (Å²) in [5, 5.41) is 0. The SMILES string of the molecule is O=[S-](=O)O.[Mn+2].[NH2-]. The Morgan fingerprint density at radius 1 is 1.33 bits per heavy atom. The molecule has 0 aromatic carbocycles. The third kappa shape index (κ3) is 332. The van der Waals surface area contributed by atoms with Crippen molar-refractivity contribution in [3.05, 3.63) is 6.15 Å². The van der Waals surface area contributed by atoms with Crippen LogP contribution in [0, 0.1) is 0 Å². The van der Waals surface area contributed by atoms with E-state index < -0.39 is 11.0 Å². The molecule has 3 N–H and O–H groups in total. The molecule has 0 rings (SSSR count). The predicted octanol–water partition coefficient (Wildman–Crippen LogP) is 0.483. The number of nitrogens with two attached hydrogens (primary N) is 1. The van der Waals surface area contributed by atoms with Gasteiger partial charge in [-0.25, -0.2) is 0 Å². The Labute approximate surface area is 47.8 Å². The minimum atomic E-state index is -2.86. The molecule has 0 aliphatic heterocycles. The smallest absolute Gasteiger partial charge is 0.693 e. The van der Waals surface area contributed by atoms with Crippen molar-refractivity contribution < 1.29 is 30.0 Å². The average Bonchev–Trinajstić information content (AvgIpc) is 0.811. The zero-order valence-electron chi connectivity index (χ0n) is 2.63. The molecular formula is H3MnNO3S. The molecule has 1 radical (unpaired) electrons. The molecule has 0 spiro atoms. The Morgan fingerprint density at radius 2 is 1.33 bits per heavy atom. The molecule has 6 heteroatoms. The van der Waals surface area contributed by atoms with Gasteiger partial charge in [-0.3, -0.25) is 0 Å². The molecule has 0 unspecified atom stereocenters. The van der Waals surface area contributed by atoms with E-state index in [1.165, 1.54) is 0 Å². The zero-order chi connectivity index (χ0) is 3.58. The maximum Gasteiger partial charge on any atom is 2.00 e. The average molecular weight is 152 g/mol. The van der Waals surface area contributed by atoms with Gasteiger partial charge in [-0.1, -0.05) is 0 Å². The molecule has 4 nitrogen and oxygen atoms in total. The summed E-state index contributed by atoms with van der Waals surface area (Å²) in [6, 6.07) is 0. The Hall–Kier alpha value is 0.389. The molecule has 39 valence electrons. The summed E-state index contributed by atoms with van der Waals surface area (Å²) in [6.07, 6.45) is 0. The zero-order valence-corrected chi connectivity index (χ0v) is 4.62. The van der Waals surface area contributed by atoms with Crippen LogP contribution in [0.3, 0.4) is 0 Å². The molecule has 0 heterocycles. The van der Waals surface area contributed by atoms with E-state index in [-0.39, 0.29) is 23.2 Å². The van der Waals surface area contributed by atoms with E-state index in [9.17, 15) is 0 Å². The monoisotopic (exact) mass is 152 g/mol. The largest absolute Gasteiger partial charge is 2.00 e. The van der Waals surface area contributed by atoms with Crippen LogP contribution < -0.4 is 0 Å². The fourth-order valence-corrected chi connectivity index (χ4v) is 0. The maximum absolute atomic E-state index is 8.56. The molecule has 0 bridgehead atoms. The first-order valence-corrected chi connectivity index (χ1v) is 1.55. The summed E-state index contributed by atoms with van der Waals surface area (Å²) < 4.78 is 24.1. The van der Waals surface area contributed by atoms with E-state index in [4.69, 9.17) is 13.0 Å². The second kappa shape index (κ2) is 9.04. The summed E-state index contributed by atoms with van der Waals surface area (Å²) in [6.45, 7) is 0. The molecule has 0 aromatic heterocycles. The number of rotatable bonds is 0. The van der Waals surface area contributed by atoms with E-state index in [0.29, 0.717) is 0 Å². The third-order valence-corrected chi connectivity index (χ3v) is 0. The summed E-state index contributed by atoms with van der Waals surface area (Å²) >= 11 is 0. The van der Waals surface area contributed by atoms with Gasteiger partial charge in [0.1, 0.15) is 0 Å². The van der Waals surface area contributed by atoms with Gasteiger partial charge in [-0.15, -0.1) is 0 Å². The summed E-state index contributed by atoms with van der Waals surface area (Å²) in [7, 11) is -2.86. The third-order valence-electron chi connectivity index (χ3n) is 0. The number of hydrogen-bond acceptors (Lipinski definition) is 3. The maximum atomic E-state index is 8.56. The normalized spacial score (nSPS) is 5.67. The molecule has 0 amide bonds. The van der Waals surface area contributed by atoms with Gasteiger partial charge in [0.05, 0.1) is 0 Å². The molecule has 0 atom stereocenters. The van der Waals surface area contributed by atoms with Crippen molar-refractivity contribution in [2.45, 2.75) is 0 Å². The van der Waals surface area contributed by atoms with Crippen LogP contribution in [0.15, 0.2) is 0 Å². The van der Waals surface area contributed by atoms with Crippen molar-refractivity contribution in [3.8, 4) is 0 Å². The Morgan fingerprint density at radius 3 is 1.33 bits per heavy atom. The van der Waals surface area contributed by atoms with Gasteiger partial charge >= 0.3 is 17.1 Å². The fraction of sp³-hybridized carbons (Fsp3) is 0. The molecule has 0 saturated heterocycles. The van der Waals surface area contributed by atoms with Gasteiger partial charge in [-0.05, 0) is 0 Å². The predicted molar refractivity (Wildman–Crippen MR) is 16.7 cm³/mol. The van der Waals surface area contributed by atoms with Gasteiger partial charge in [0, 0.05) is 11.0 Å².